The van der Waals surface area contributed by atoms with E-state index in [0.29, 0.717) is 5.78 Å². The van der Waals surface area contributed by atoms with E-state index in [0.717, 1.165) is 37.2 Å². The number of hydrogen-bond donors (Lipinski definition) is 0. The molecule has 1 nitrogen and oxygen atoms in total. The molecule has 0 saturated heterocycles. The second kappa shape index (κ2) is 7.61. The van der Waals surface area contributed by atoms with Crippen molar-refractivity contribution >= 4 is 5.78 Å². The fourth-order valence-corrected chi connectivity index (χ4v) is 3.53. The molecule has 0 atom stereocenters. The molecule has 0 amide bonds. The van der Waals surface area contributed by atoms with E-state index in [1.807, 2.05) is 12.1 Å². The van der Waals surface area contributed by atoms with Crippen LogP contribution in [-0.2, 0) is 6.42 Å². The molecule has 1 aromatic carbocycles. The number of rotatable bonds is 6. The van der Waals surface area contributed by atoms with E-state index in [1.54, 1.807) is 0 Å². The number of hydrogen-bond acceptors (Lipinski definition) is 1. The molecule has 110 valence electrons. The van der Waals surface area contributed by atoms with Gasteiger partial charge in [-0.3, -0.25) is 4.79 Å². The van der Waals surface area contributed by atoms with Gasteiger partial charge in [-0.25, -0.2) is 0 Å². The summed E-state index contributed by atoms with van der Waals surface area (Å²) in [6, 6.07) is 8.29. The van der Waals surface area contributed by atoms with Gasteiger partial charge in [-0.1, -0.05) is 51.3 Å². The average Bonchev–Trinajstić information content (AvgIpc) is 2.48. The number of Topliss-reactive ketones (excluding diaryl/α,β-unsaturated/α-hetero) is 1. The van der Waals surface area contributed by atoms with E-state index in [1.165, 1.54) is 31.2 Å². The Morgan fingerprint density at radius 3 is 2.50 bits per heavy atom. The quantitative estimate of drug-likeness (QED) is 0.631. The fourth-order valence-electron chi connectivity index (χ4n) is 3.53. The zero-order valence-electron chi connectivity index (χ0n) is 13.0. The number of benzene rings is 1. The Balaban J connectivity index is 1.96. The van der Waals surface area contributed by atoms with Crippen molar-refractivity contribution < 1.29 is 4.79 Å². The molecule has 0 aromatic heterocycles. The van der Waals surface area contributed by atoms with E-state index in [2.05, 4.69) is 26.0 Å². The van der Waals surface area contributed by atoms with Crippen molar-refractivity contribution in [2.45, 2.75) is 65.2 Å². The third kappa shape index (κ3) is 3.94. The second-order valence-corrected chi connectivity index (χ2v) is 6.32. The molecule has 1 aromatic rings. The molecule has 2 rings (SSSR count). The van der Waals surface area contributed by atoms with Crippen molar-refractivity contribution in [3.05, 3.63) is 35.4 Å². The van der Waals surface area contributed by atoms with Crippen LogP contribution in [0.15, 0.2) is 24.3 Å². The molecule has 0 spiro atoms. The number of ketones is 1. The summed E-state index contributed by atoms with van der Waals surface area (Å²) in [5, 5.41) is 0. The van der Waals surface area contributed by atoms with Gasteiger partial charge < -0.3 is 0 Å². The minimum atomic E-state index is 0.278. The Bertz CT molecular complexity index is 427. The van der Waals surface area contributed by atoms with Gasteiger partial charge in [0.1, 0.15) is 0 Å². The van der Waals surface area contributed by atoms with Crippen LogP contribution in [0.5, 0.6) is 0 Å². The molecule has 0 unspecified atom stereocenters. The maximum Gasteiger partial charge on any atom is 0.165 e. The minimum Gasteiger partial charge on any atom is -0.294 e. The first-order chi connectivity index (χ1) is 9.74. The van der Waals surface area contributed by atoms with Crippen LogP contribution in [0.3, 0.4) is 0 Å². The zero-order valence-corrected chi connectivity index (χ0v) is 13.0. The van der Waals surface area contributed by atoms with Crippen molar-refractivity contribution in [3.63, 3.8) is 0 Å². The molecule has 20 heavy (non-hydrogen) atoms. The van der Waals surface area contributed by atoms with Crippen molar-refractivity contribution in [2.75, 3.05) is 0 Å². The molecular formula is C19H28O. The van der Waals surface area contributed by atoms with Gasteiger partial charge >= 0.3 is 0 Å². The van der Waals surface area contributed by atoms with Crippen molar-refractivity contribution in [2.24, 2.45) is 11.8 Å². The van der Waals surface area contributed by atoms with E-state index >= 15 is 0 Å². The fraction of sp³-hybridized carbons (Fsp3) is 0.632. The molecule has 1 aliphatic rings. The van der Waals surface area contributed by atoms with E-state index in [-0.39, 0.29) is 5.92 Å². The van der Waals surface area contributed by atoms with Crippen molar-refractivity contribution in [1.82, 2.24) is 0 Å². The zero-order chi connectivity index (χ0) is 14.4. The molecule has 0 bridgehead atoms. The Morgan fingerprint density at radius 1 is 1.10 bits per heavy atom. The lowest BCUT2D eigenvalue weighted by Gasteiger charge is -2.27. The van der Waals surface area contributed by atoms with Crippen LogP contribution in [0.2, 0.25) is 0 Å². The van der Waals surface area contributed by atoms with Gasteiger partial charge in [0, 0.05) is 11.5 Å². The maximum absolute atomic E-state index is 12.6. The maximum atomic E-state index is 12.6. The van der Waals surface area contributed by atoms with Gasteiger partial charge in [0.25, 0.3) is 0 Å². The van der Waals surface area contributed by atoms with E-state index in [9.17, 15) is 4.79 Å². The number of carbonyl (C=O) groups excluding carboxylic acids is 1. The molecule has 1 fully saturated rings. The summed E-state index contributed by atoms with van der Waals surface area (Å²) in [6.45, 7) is 4.44. The highest BCUT2D eigenvalue weighted by atomic mass is 16.1. The minimum absolute atomic E-state index is 0.278. The summed E-state index contributed by atoms with van der Waals surface area (Å²) >= 11 is 0. The first-order valence-corrected chi connectivity index (χ1v) is 8.37. The molecule has 0 aliphatic heterocycles. The third-order valence-electron chi connectivity index (χ3n) is 4.66. The summed E-state index contributed by atoms with van der Waals surface area (Å²) < 4.78 is 0. The van der Waals surface area contributed by atoms with Gasteiger partial charge in [0.05, 0.1) is 0 Å². The van der Waals surface area contributed by atoms with Gasteiger partial charge in [-0.2, -0.15) is 0 Å². The van der Waals surface area contributed by atoms with Crippen molar-refractivity contribution in [1.29, 1.82) is 0 Å². The predicted molar refractivity (Wildman–Crippen MR) is 85.1 cm³/mol. The highest BCUT2D eigenvalue weighted by Crippen LogP contribution is 2.33. The Labute approximate surface area is 123 Å². The SMILES string of the molecule is CCCc1cccc(C(=O)C2CCC(CCC)CC2)c1. The topological polar surface area (TPSA) is 17.1 Å². The first kappa shape index (κ1) is 15.3. The van der Waals surface area contributed by atoms with Crippen LogP contribution in [0.4, 0.5) is 0 Å². The van der Waals surface area contributed by atoms with Crippen LogP contribution in [0, 0.1) is 11.8 Å². The monoisotopic (exact) mass is 272 g/mol. The molecule has 1 heteroatoms. The number of carbonyl (C=O) groups is 1. The van der Waals surface area contributed by atoms with Crippen LogP contribution in [0.25, 0.3) is 0 Å². The van der Waals surface area contributed by atoms with E-state index < -0.39 is 0 Å². The Morgan fingerprint density at radius 2 is 1.85 bits per heavy atom. The largest absolute Gasteiger partial charge is 0.294 e. The summed E-state index contributed by atoms with van der Waals surface area (Å²) in [4.78, 5) is 12.6. The summed E-state index contributed by atoms with van der Waals surface area (Å²) in [6.07, 6.45) is 9.53. The predicted octanol–water partition coefficient (Wildman–Crippen LogP) is 5.43. The van der Waals surface area contributed by atoms with Gasteiger partial charge in [-0.15, -0.1) is 0 Å². The molecule has 0 radical (unpaired) electrons. The summed E-state index contributed by atoms with van der Waals surface area (Å²) in [7, 11) is 0. The Hall–Kier alpha value is -1.11. The molecule has 1 saturated carbocycles. The third-order valence-corrected chi connectivity index (χ3v) is 4.66. The van der Waals surface area contributed by atoms with E-state index in [4.69, 9.17) is 0 Å². The highest BCUT2D eigenvalue weighted by molar-refractivity contribution is 5.98. The van der Waals surface area contributed by atoms with Crippen LogP contribution < -0.4 is 0 Å². The van der Waals surface area contributed by atoms with Gasteiger partial charge in [-0.05, 0) is 49.7 Å². The van der Waals surface area contributed by atoms with Crippen LogP contribution >= 0.6 is 0 Å². The average molecular weight is 272 g/mol. The Kier molecular flexibility index (Phi) is 5.82. The van der Waals surface area contributed by atoms with Crippen LogP contribution in [0.1, 0.15) is 74.7 Å². The number of aryl methyl sites for hydroxylation is 1. The van der Waals surface area contributed by atoms with Crippen molar-refractivity contribution in [3.8, 4) is 0 Å². The highest BCUT2D eigenvalue weighted by Gasteiger charge is 2.26. The summed E-state index contributed by atoms with van der Waals surface area (Å²) in [5.74, 6) is 1.54. The molecule has 0 heterocycles. The summed E-state index contributed by atoms with van der Waals surface area (Å²) in [5.41, 5.74) is 2.24. The van der Waals surface area contributed by atoms with Gasteiger partial charge in [0.15, 0.2) is 5.78 Å². The first-order valence-electron chi connectivity index (χ1n) is 8.37. The molecule has 1 aliphatic carbocycles. The molecular weight excluding hydrogens is 244 g/mol. The second-order valence-electron chi connectivity index (χ2n) is 6.32. The lowest BCUT2D eigenvalue weighted by Crippen LogP contribution is -2.22. The normalized spacial score (nSPS) is 22.7. The lowest BCUT2D eigenvalue weighted by atomic mass is 9.77. The molecule has 0 N–H and O–H groups in total. The lowest BCUT2D eigenvalue weighted by molar-refractivity contribution is 0.0869. The van der Waals surface area contributed by atoms with Gasteiger partial charge in [0.2, 0.25) is 0 Å². The van der Waals surface area contributed by atoms with Crippen LogP contribution in [-0.4, -0.2) is 5.78 Å². The smallest absolute Gasteiger partial charge is 0.165 e. The standard InChI is InChI=1S/C19H28O/c1-3-6-15-10-12-17(13-11-15)19(20)18-9-5-8-16(14-18)7-4-2/h5,8-9,14-15,17H,3-4,6-7,10-13H2,1-2H3.